The van der Waals surface area contributed by atoms with E-state index in [1.165, 1.54) is 12.6 Å². The van der Waals surface area contributed by atoms with E-state index in [0.29, 0.717) is 21.5 Å². The molecule has 1 unspecified atom stereocenters. The van der Waals surface area contributed by atoms with Crippen LogP contribution >= 0.6 is 23.2 Å². The molecular weight excluding hydrogens is 351 g/mol. The Morgan fingerprint density at radius 1 is 1.42 bits per heavy atom. The second-order valence-electron chi connectivity index (χ2n) is 6.13. The first-order chi connectivity index (χ1) is 11.5. The normalized spacial score (nSPS) is 17.2. The topological polar surface area (TPSA) is 75.2 Å². The van der Waals surface area contributed by atoms with Crippen molar-refractivity contribution < 1.29 is 14.6 Å². The third-order valence-corrected chi connectivity index (χ3v) is 5.39. The van der Waals surface area contributed by atoms with Crippen LogP contribution in [0.15, 0.2) is 6.20 Å². The maximum Gasteiger partial charge on any atom is 0.357 e. The molecule has 2 aromatic heterocycles. The minimum absolute atomic E-state index is 0.0732. The summed E-state index contributed by atoms with van der Waals surface area (Å²) in [6, 6.07) is 0. The summed E-state index contributed by atoms with van der Waals surface area (Å²) in [6.45, 7) is 1.97. The molecule has 2 N–H and O–H groups in total. The molecule has 5 nitrogen and oxygen atoms in total. The molecule has 0 aromatic carbocycles. The fourth-order valence-electron chi connectivity index (χ4n) is 3.48. The summed E-state index contributed by atoms with van der Waals surface area (Å²) in [5.74, 6) is -0.485. The second kappa shape index (κ2) is 7.30. The standard InChI is InChI=1S/C17H20Cl2N2O3/c1-2-24-17(23)14-12(15(22)9-6-4-3-5-7-9)11-10(8-20-14)21-16(19)13(11)18/h8-9,15,21-22H,2-7H2,1H3. The van der Waals surface area contributed by atoms with Crippen molar-refractivity contribution >= 4 is 40.1 Å². The number of aromatic nitrogens is 2. The van der Waals surface area contributed by atoms with Gasteiger partial charge in [0.25, 0.3) is 0 Å². The summed E-state index contributed by atoms with van der Waals surface area (Å²) in [4.78, 5) is 19.5. The smallest absolute Gasteiger partial charge is 0.357 e. The van der Waals surface area contributed by atoms with E-state index in [-0.39, 0.29) is 23.4 Å². The molecule has 24 heavy (non-hydrogen) atoms. The molecule has 0 amide bonds. The molecule has 0 saturated heterocycles. The minimum Gasteiger partial charge on any atom is -0.461 e. The van der Waals surface area contributed by atoms with Gasteiger partial charge in [0.15, 0.2) is 5.69 Å². The van der Waals surface area contributed by atoms with Gasteiger partial charge in [-0.3, -0.25) is 0 Å². The van der Waals surface area contributed by atoms with Crippen molar-refractivity contribution in [1.29, 1.82) is 0 Å². The van der Waals surface area contributed by atoms with Crippen LogP contribution in [0, 0.1) is 5.92 Å². The minimum atomic E-state index is -0.828. The average Bonchev–Trinajstić information content (AvgIpc) is 2.89. The number of carbonyl (C=O) groups excluding carboxylic acids is 1. The Balaban J connectivity index is 2.16. The van der Waals surface area contributed by atoms with E-state index >= 15 is 0 Å². The molecule has 2 aromatic rings. The summed E-state index contributed by atoms with van der Waals surface area (Å²) in [6.07, 6.45) is 5.81. The number of hydrogen-bond acceptors (Lipinski definition) is 4. The number of carbonyl (C=O) groups is 1. The molecular formula is C17H20Cl2N2O3. The highest BCUT2D eigenvalue weighted by Gasteiger charge is 2.31. The monoisotopic (exact) mass is 370 g/mol. The molecule has 1 saturated carbocycles. The maximum absolute atomic E-state index is 12.3. The number of H-pyrrole nitrogens is 1. The van der Waals surface area contributed by atoms with Crippen LogP contribution in [0.4, 0.5) is 0 Å². The van der Waals surface area contributed by atoms with Gasteiger partial charge in [-0.1, -0.05) is 42.5 Å². The zero-order valence-corrected chi connectivity index (χ0v) is 15.0. The fraction of sp³-hybridized carbons (Fsp3) is 0.529. The number of fused-ring (bicyclic) bond motifs is 1. The van der Waals surface area contributed by atoms with E-state index in [2.05, 4.69) is 9.97 Å². The third kappa shape index (κ3) is 3.13. The van der Waals surface area contributed by atoms with E-state index in [9.17, 15) is 9.90 Å². The molecule has 1 atom stereocenters. The molecule has 3 rings (SSSR count). The lowest BCUT2D eigenvalue weighted by atomic mass is 9.81. The van der Waals surface area contributed by atoms with Crippen LogP contribution in [0.1, 0.15) is 61.2 Å². The van der Waals surface area contributed by atoms with Crippen LogP contribution in [-0.4, -0.2) is 27.7 Å². The first kappa shape index (κ1) is 17.5. The van der Waals surface area contributed by atoms with Crippen molar-refractivity contribution in [3.05, 3.63) is 27.6 Å². The van der Waals surface area contributed by atoms with E-state index in [1.807, 2.05) is 0 Å². The van der Waals surface area contributed by atoms with Gasteiger partial charge in [-0.25, -0.2) is 9.78 Å². The quantitative estimate of drug-likeness (QED) is 0.767. The number of halogens is 2. The van der Waals surface area contributed by atoms with Gasteiger partial charge in [-0.05, 0) is 25.7 Å². The van der Waals surface area contributed by atoms with Gasteiger partial charge in [0, 0.05) is 10.9 Å². The van der Waals surface area contributed by atoms with Gasteiger partial charge in [0.05, 0.1) is 29.4 Å². The van der Waals surface area contributed by atoms with E-state index in [1.54, 1.807) is 6.92 Å². The highest BCUT2D eigenvalue weighted by atomic mass is 35.5. The number of pyridine rings is 1. The molecule has 1 fully saturated rings. The molecule has 2 heterocycles. The molecule has 130 valence electrons. The third-order valence-electron chi connectivity index (χ3n) is 4.63. The highest BCUT2D eigenvalue weighted by Crippen LogP contribution is 2.42. The van der Waals surface area contributed by atoms with Gasteiger partial charge in [0.1, 0.15) is 5.15 Å². The number of nitrogens with zero attached hydrogens (tertiary/aromatic N) is 1. The number of ether oxygens (including phenoxy) is 1. The number of hydrogen-bond donors (Lipinski definition) is 2. The fourth-order valence-corrected chi connectivity index (χ4v) is 3.92. The van der Waals surface area contributed by atoms with Crippen molar-refractivity contribution in [2.45, 2.75) is 45.1 Å². The zero-order valence-electron chi connectivity index (χ0n) is 13.4. The van der Waals surface area contributed by atoms with Crippen molar-refractivity contribution in [2.24, 2.45) is 5.92 Å². The Kier molecular flexibility index (Phi) is 5.33. The van der Waals surface area contributed by atoms with Crippen molar-refractivity contribution in [2.75, 3.05) is 6.61 Å². The van der Waals surface area contributed by atoms with E-state index in [0.717, 1.165) is 25.7 Å². The number of aliphatic hydroxyl groups excluding tert-OH is 1. The Morgan fingerprint density at radius 3 is 2.79 bits per heavy atom. The average molecular weight is 371 g/mol. The predicted molar refractivity (Wildman–Crippen MR) is 93.6 cm³/mol. The summed E-state index contributed by atoms with van der Waals surface area (Å²) >= 11 is 12.4. The van der Waals surface area contributed by atoms with Crippen LogP contribution < -0.4 is 0 Å². The van der Waals surface area contributed by atoms with Crippen molar-refractivity contribution in [1.82, 2.24) is 9.97 Å². The van der Waals surface area contributed by atoms with Gasteiger partial charge >= 0.3 is 5.97 Å². The van der Waals surface area contributed by atoms with Gasteiger partial charge in [-0.15, -0.1) is 0 Å². The molecule has 0 bridgehead atoms. The first-order valence-electron chi connectivity index (χ1n) is 8.25. The molecule has 1 aliphatic carbocycles. The number of aliphatic hydroxyl groups is 1. The van der Waals surface area contributed by atoms with Crippen LogP contribution in [0.3, 0.4) is 0 Å². The molecule has 7 heteroatoms. The van der Waals surface area contributed by atoms with E-state index < -0.39 is 12.1 Å². The Morgan fingerprint density at radius 2 is 2.12 bits per heavy atom. The number of rotatable bonds is 4. The molecule has 1 aliphatic rings. The van der Waals surface area contributed by atoms with Crippen LogP contribution in [0.25, 0.3) is 10.9 Å². The molecule has 0 aliphatic heterocycles. The summed E-state index contributed by atoms with van der Waals surface area (Å²) in [5.41, 5.74) is 1.13. The second-order valence-corrected chi connectivity index (χ2v) is 6.88. The molecule has 0 spiro atoms. The van der Waals surface area contributed by atoms with Crippen molar-refractivity contribution in [3.63, 3.8) is 0 Å². The lowest BCUT2D eigenvalue weighted by Crippen LogP contribution is -2.20. The Hall–Kier alpha value is -1.30. The Labute approximate surface area is 150 Å². The van der Waals surface area contributed by atoms with Crippen LogP contribution in [0.2, 0.25) is 10.2 Å². The SMILES string of the molecule is CCOC(=O)c1ncc2[nH]c(Cl)c(Cl)c2c1C(O)C1CCCCC1. The highest BCUT2D eigenvalue weighted by molar-refractivity contribution is 6.45. The zero-order chi connectivity index (χ0) is 17.3. The van der Waals surface area contributed by atoms with Crippen LogP contribution in [0.5, 0.6) is 0 Å². The summed E-state index contributed by atoms with van der Waals surface area (Å²) in [7, 11) is 0. The van der Waals surface area contributed by atoms with Crippen LogP contribution in [-0.2, 0) is 4.74 Å². The lowest BCUT2D eigenvalue weighted by molar-refractivity contribution is 0.0496. The Bertz CT molecular complexity index is 754. The van der Waals surface area contributed by atoms with E-state index in [4.69, 9.17) is 27.9 Å². The van der Waals surface area contributed by atoms with Gasteiger partial charge in [0.2, 0.25) is 0 Å². The van der Waals surface area contributed by atoms with Gasteiger partial charge < -0.3 is 14.8 Å². The maximum atomic E-state index is 12.3. The predicted octanol–water partition coefficient (Wildman–Crippen LogP) is 4.66. The largest absolute Gasteiger partial charge is 0.461 e. The number of aromatic amines is 1. The summed E-state index contributed by atoms with van der Waals surface area (Å²) < 4.78 is 5.10. The summed E-state index contributed by atoms with van der Waals surface area (Å²) in [5, 5.41) is 12.1. The van der Waals surface area contributed by atoms with Gasteiger partial charge in [-0.2, -0.15) is 0 Å². The molecule has 0 radical (unpaired) electrons. The lowest BCUT2D eigenvalue weighted by Gasteiger charge is -2.28. The van der Waals surface area contributed by atoms with Crippen molar-refractivity contribution in [3.8, 4) is 0 Å². The first-order valence-corrected chi connectivity index (χ1v) is 9.01. The number of nitrogens with one attached hydrogen (secondary N) is 1. The number of esters is 1.